The van der Waals surface area contributed by atoms with E-state index in [1.54, 1.807) is 48.5 Å². The van der Waals surface area contributed by atoms with Crippen molar-refractivity contribution in [3.05, 3.63) is 112 Å². The molecule has 45 heavy (non-hydrogen) atoms. The highest BCUT2D eigenvalue weighted by atomic mass is 35.5. The third kappa shape index (κ3) is 12.1. The Kier molecular flexibility index (Phi) is 11.9. The molecule has 0 aliphatic heterocycles. The molecule has 4 rings (SSSR count). The number of carbonyl (C=O) groups is 2. The van der Waals surface area contributed by atoms with Gasteiger partial charge in [0, 0.05) is 16.4 Å². The molecule has 0 aliphatic rings. The standard InChI is InChI=1S/C15H11Cl2F3N2O2.C15H13F3N2O/c16-9-1-6-13(12(17)7-9)24-11-4-2-10(3-5-11)21-22-14(23)8-15(18,19)20;16-15(17,18)12-9-11(6-7-13(12)19)20-14(21)8-10-4-2-1-3-5-10/h1-7,21H,8H2,(H,22,23);1-7,9H,8,19H2,(H,20,21). The van der Waals surface area contributed by atoms with Crippen molar-refractivity contribution in [3.8, 4) is 11.5 Å². The van der Waals surface area contributed by atoms with Crippen LogP contribution in [0.1, 0.15) is 17.5 Å². The number of halogens is 8. The minimum atomic E-state index is -4.55. The summed E-state index contributed by atoms with van der Waals surface area (Å²) in [6, 6.07) is 23.1. The summed E-state index contributed by atoms with van der Waals surface area (Å²) in [5, 5.41) is 3.25. The van der Waals surface area contributed by atoms with Gasteiger partial charge in [-0.15, -0.1) is 0 Å². The fraction of sp³-hybridized carbons (Fsp3) is 0.133. The van der Waals surface area contributed by atoms with Gasteiger partial charge in [0.25, 0.3) is 0 Å². The van der Waals surface area contributed by atoms with Crippen LogP contribution in [0.15, 0.2) is 91.0 Å². The second-order valence-corrected chi connectivity index (χ2v) is 10.0. The van der Waals surface area contributed by atoms with Crippen LogP contribution >= 0.6 is 23.2 Å². The topological polar surface area (TPSA) is 105 Å². The van der Waals surface area contributed by atoms with Gasteiger partial charge in [0.2, 0.25) is 11.8 Å². The van der Waals surface area contributed by atoms with E-state index >= 15 is 0 Å². The Hall–Kier alpha value is -4.62. The van der Waals surface area contributed by atoms with Crippen LogP contribution in [0.5, 0.6) is 11.5 Å². The quantitative estimate of drug-likeness (QED) is 0.0852. The Morgan fingerprint density at radius 3 is 2.02 bits per heavy atom. The highest BCUT2D eigenvalue weighted by Gasteiger charge is 2.33. The van der Waals surface area contributed by atoms with Crippen LogP contribution in [0.4, 0.5) is 43.4 Å². The Morgan fingerprint density at radius 2 is 1.42 bits per heavy atom. The predicted octanol–water partition coefficient (Wildman–Crippen LogP) is 8.65. The summed E-state index contributed by atoms with van der Waals surface area (Å²) in [6.07, 6.45) is -10.6. The van der Waals surface area contributed by atoms with Crippen LogP contribution in [0, 0.1) is 0 Å². The van der Waals surface area contributed by atoms with Gasteiger partial charge in [-0.1, -0.05) is 53.5 Å². The number of nitrogens with one attached hydrogen (secondary N) is 3. The molecule has 7 nitrogen and oxygen atoms in total. The van der Waals surface area contributed by atoms with Crippen molar-refractivity contribution >= 4 is 52.1 Å². The van der Waals surface area contributed by atoms with E-state index in [-0.39, 0.29) is 23.7 Å². The molecule has 0 spiro atoms. The molecule has 0 aromatic heterocycles. The molecule has 4 aromatic carbocycles. The van der Waals surface area contributed by atoms with E-state index in [0.29, 0.717) is 27.2 Å². The van der Waals surface area contributed by atoms with Gasteiger partial charge in [-0.05, 0) is 66.2 Å². The van der Waals surface area contributed by atoms with Crippen molar-refractivity contribution in [1.29, 1.82) is 0 Å². The third-order valence-corrected chi connectivity index (χ3v) is 6.06. The second kappa shape index (κ2) is 15.4. The summed E-state index contributed by atoms with van der Waals surface area (Å²) < 4.78 is 79.8. The third-order valence-electron chi connectivity index (χ3n) is 5.53. The summed E-state index contributed by atoms with van der Waals surface area (Å²) in [6.45, 7) is 0. The fourth-order valence-corrected chi connectivity index (χ4v) is 3.97. The first kappa shape index (κ1) is 34.9. The van der Waals surface area contributed by atoms with E-state index in [1.165, 1.54) is 24.3 Å². The van der Waals surface area contributed by atoms with E-state index in [0.717, 1.165) is 17.7 Å². The number of hydrazine groups is 1. The van der Waals surface area contributed by atoms with Crippen molar-refractivity contribution in [2.75, 3.05) is 16.5 Å². The number of carbonyl (C=O) groups excluding carboxylic acids is 2. The van der Waals surface area contributed by atoms with Gasteiger partial charge < -0.3 is 15.8 Å². The van der Waals surface area contributed by atoms with Crippen molar-refractivity contribution in [2.24, 2.45) is 0 Å². The monoisotopic (exact) mass is 672 g/mol. The molecule has 0 aliphatic carbocycles. The molecule has 15 heteroatoms. The molecule has 0 fully saturated rings. The van der Waals surface area contributed by atoms with Crippen LogP contribution in [-0.4, -0.2) is 18.0 Å². The van der Waals surface area contributed by atoms with Crippen LogP contribution in [0.3, 0.4) is 0 Å². The summed E-state index contributed by atoms with van der Waals surface area (Å²) in [5.41, 5.74) is 9.54. The molecular formula is C30H24Cl2F6N4O3. The molecule has 0 unspecified atom stereocenters. The van der Waals surface area contributed by atoms with Crippen molar-refractivity contribution in [1.82, 2.24) is 5.43 Å². The zero-order valence-electron chi connectivity index (χ0n) is 22.9. The first-order valence-electron chi connectivity index (χ1n) is 12.7. The molecule has 4 aromatic rings. The molecule has 5 N–H and O–H groups in total. The van der Waals surface area contributed by atoms with Gasteiger partial charge >= 0.3 is 12.4 Å². The van der Waals surface area contributed by atoms with E-state index < -0.39 is 30.2 Å². The lowest BCUT2D eigenvalue weighted by atomic mass is 10.1. The number of ether oxygens (including phenoxy) is 1. The number of hydrogen-bond acceptors (Lipinski definition) is 5. The van der Waals surface area contributed by atoms with Gasteiger partial charge in [0.1, 0.15) is 17.9 Å². The summed E-state index contributed by atoms with van der Waals surface area (Å²) in [5.74, 6) is -0.721. The summed E-state index contributed by atoms with van der Waals surface area (Å²) in [7, 11) is 0. The molecule has 238 valence electrons. The van der Waals surface area contributed by atoms with E-state index in [4.69, 9.17) is 33.7 Å². The van der Waals surface area contributed by atoms with Crippen LogP contribution < -0.4 is 26.6 Å². The highest BCUT2D eigenvalue weighted by molar-refractivity contribution is 6.35. The number of amides is 2. The lowest BCUT2D eigenvalue weighted by Gasteiger charge is -2.12. The number of alkyl halides is 6. The van der Waals surface area contributed by atoms with E-state index in [1.807, 2.05) is 11.5 Å². The lowest BCUT2D eigenvalue weighted by molar-refractivity contribution is -0.153. The molecule has 0 radical (unpaired) electrons. The molecular weight excluding hydrogens is 649 g/mol. The molecule has 0 atom stereocenters. The number of benzene rings is 4. The number of nitrogen functional groups attached to an aromatic ring is 1. The van der Waals surface area contributed by atoms with Gasteiger partial charge in [-0.25, -0.2) is 0 Å². The Labute approximate surface area is 263 Å². The van der Waals surface area contributed by atoms with Gasteiger partial charge in [-0.2, -0.15) is 26.3 Å². The Morgan fingerprint density at radius 1 is 0.778 bits per heavy atom. The summed E-state index contributed by atoms with van der Waals surface area (Å²) in [4.78, 5) is 22.9. The Balaban J connectivity index is 0.000000248. The molecule has 0 saturated carbocycles. The molecule has 0 heterocycles. The first-order valence-corrected chi connectivity index (χ1v) is 13.5. The first-order chi connectivity index (χ1) is 21.1. The van der Waals surface area contributed by atoms with Crippen molar-refractivity contribution in [3.63, 3.8) is 0 Å². The lowest BCUT2D eigenvalue weighted by Crippen LogP contribution is -2.32. The predicted molar refractivity (Wildman–Crippen MR) is 160 cm³/mol. The number of nitrogens with two attached hydrogens (primary N) is 1. The minimum absolute atomic E-state index is 0.0671. The minimum Gasteiger partial charge on any atom is -0.456 e. The zero-order valence-corrected chi connectivity index (χ0v) is 24.4. The van der Waals surface area contributed by atoms with Crippen LogP contribution in [-0.2, 0) is 22.2 Å². The highest BCUT2D eigenvalue weighted by Crippen LogP contribution is 2.35. The Bertz CT molecular complexity index is 1600. The average molecular weight is 673 g/mol. The van der Waals surface area contributed by atoms with Gasteiger partial charge in [0.05, 0.1) is 22.7 Å². The van der Waals surface area contributed by atoms with Crippen LogP contribution in [0.25, 0.3) is 0 Å². The molecule has 0 saturated heterocycles. The number of hydrogen-bond donors (Lipinski definition) is 4. The number of anilines is 3. The van der Waals surface area contributed by atoms with Gasteiger partial charge in [-0.3, -0.25) is 20.4 Å². The maximum atomic E-state index is 12.7. The normalized spacial score (nSPS) is 11.1. The average Bonchev–Trinajstić information content (AvgIpc) is 2.94. The largest absolute Gasteiger partial charge is 0.456 e. The zero-order chi connectivity index (χ0) is 33.2. The summed E-state index contributed by atoms with van der Waals surface area (Å²) >= 11 is 11.8. The molecule has 0 bridgehead atoms. The van der Waals surface area contributed by atoms with Crippen molar-refractivity contribution in [2.45, 2.75) is 25.2 Å². The van der Waals surface area contributed by atoms with E-state index in [9.17, 15) is 35.9 Å². The maximum Gasteiger partial charge on any atom is 0.418 e. The molecule has 2 amide bonds. The smallest absolute Gasteiger partial charge is 0.418 e. The van der Waals surface area contributed by atoms with E-state index in [2.05, 4.69) is 10.7 Å². The van der Waals surface area contributed by atoms with Gasteiger partial charge in [0.15, 0.2) is 0 Å². The second-order valence-electron chi connectivity index (χ2n) is 9.18. The number of rotatable bonds is 8. The SMILES string of the molecule is Nc1ccc(NC(=O)Cc2ccccc2)cc1C(F)(F)F.O=C(CC(F)(F)F)NNc1ccc(Oc2ccc(Cl)cc2Cl)cc1. The van der Waals surface area contributed by atoms with Crippen LogP contribution in [0.2, 0.25) is 10.0 Å². The maximum absolute atomic E-state index is 12.7. The van der Waals surface area contributed by atoms with Crippen molar-refractivity contribution < 1.29 is 40.7 Å². The fourth-order valence-electron chi connectivity index (χ4n) is 3.53.